The van der Waals surface area contributed by atoms with Gasteiger partial charge < -0.3 is 16.2 Å². The van der Waals surface area contributed by atoms with E-state index >= 15 is 0 Å². The van der Waals surface area contributed by atoms with Crippen molar-refractivity contribution in [3.05, 3.63) is 11.9 Å². The summed E-state index contributed by atoms with van der Waals surface area (Å²) in [4.78, 5) is 12.1. The molecule has 0 aliphatic heterocycles. The van der Waals surface area contributed by atoms with Crippen molar-refractivity contribution in [3.8, 4) is 0 Å². The second-order valence-electron chi connectivity index (χ2n) is 4.29. The molecular weight excluding hydrogens is 220 g/mol. The minimum Gasteiger partial charge on any atom is -0.396 e. The molecule has 1 heterocycles. The van der Waals surface area contributed by atoms with Crippen LogP contribution >= 0.6 is 0 Å². The fourth-order valence-electron chi connectivity index (χ4n) is 1.46. The summed E-state index contributed by atoms with van der Waals surface area (Å²) in [5.41, 5.74) is 5.78. The Kier molecular flexibility index (Phi) is 4.11. The molecule has 1 atom stereocenters. The van der Waals surface area contributed by atoms with Crippen LogP contribution in [0.4, 0.5) is 5.69 Å². The molecule has 0 saturated heterocycles. The number of carbonyl (C=O) groups excluding carboxylic acids is 1. The van der Waals surface area contributed by atoms with Crippen molar-refractivity contribution in [2.75, 3.05) is 12.3 Å². The molecule has 0 saturated carbocycles. The van der Waals surface area contributed by atoms with Gasteiger partial charge in [0.2, 0.25) is 0 Å². The van der Waals surface area contributed by atoms with Crippen molar-refractivity contribution in [1.29, 1.82) is 0 Å². The van der Waals surface area contributed by atoms with E-state index in [0.717, 1.165) is 0 Å². The number of nitrogens with one attached hydrogen (secondary N) is 1. The number of amides is 1. The SMILES string of the molecule is CCn1ncc(N)c1C(=O)NC(C)(CC)CO. The van der Waals surface area contributed by atoms with Gasteiger partial charge in [-0.1, -0.05) is 6.92 Å². The van der Waals surface area contributed by atoms with Gasteiger partial charge in [0.25, 0.3) is 5.91 Å². The van der Waals surface area contributed by atoms with Gasteiger partial charge in [-0.25, -0.2) is 0 Å². The predicted octanol–water partition coefficient (Wildman–Crippen LogP) is 0.376. The summed E-state index contributed by atoms with van der Waals surface area (Å²) in [6.07, 6.45) is 2.09. The van der Waals surface area contributed by atoms with Gasteiger partial charge in [0.15, 0.2) is 0 Å². The van der Waals surface area contributed by atoms with Gasteiger partial charge in [0.1, 0.15) is 5.69 Å². The fraction of sp³-hybridized carbons (Fsp3) is 0.636. The molecule has 0 aliphatic rings. The van der Waals surface area contributed by atoms with Crippen molar-refractivity contribution in [2.45, 2.75) is 39.3 Å². The Hall–Kier alpha value is -1.56. The Balaban J connectivity index is 2.93. The smallest absolute Gasteiger partial charge is 0.272 e. The molecule has 96 valence electrons. The number of rotatable bonds is 5. The Labute approximate surface area is 101 Å². The zero-order chi connectivity index (χ0) is 13.1. The molecule has 0 aromatic carbocycles. The quantitative estimate of drug-likeness (QED) is 0.693. The molecule has 0 radical (unpaired) electrons. The van der Waals surface area contributed by atoms with Crippen LogP contribution in [-0.2, 0) is 6.54 Å². The maximum atomic E-state index is 12.1. The lowest BCUT2D eigenvalue weighted by Crippen LogP contribution is -2.49. The van der Waals surface area contributed by atoms with Crippen LogP contribution in [0.2, 0.25) is 0 Å². The van der Waals surface area contributed by atoms with E-state index in [4.69, 9.17) is 5.73 Å². The lowest BCUT2D eigenvalue weighted by atomic mass is 10.00. The van der Waals surface area contributed by atoms with Crippen molar-refractivity contribution >= 4 is 11.6 Å². The number of anilines is 1. The summed E-state index contributed by atoms with van der Waals surface area (Å²) in [6, 6.07) is 0. The topological polar surface area (TPSA) is 93.2 Å². The summed E-state index contributed by atoms with van der Waals surface area (Å²) in [7, 11) is 0. The van der Waals surface area contributed by atoms with Crippen LogP contribution in [0.25, 0.3) is 0 Å². The molecule has 1 unspecified atom stereocenters. The van der Waals surface area contributed by atoms with Gasteiger partial charge >= 0.3 is 0 Å². The third kappa shape index (κ3) is 2.76. The molecule has 1 aromatic rings. The number of aliphatic hydroxyl groups excluding tert-OH is 1. The van der Waals surface area contributed by atoms with E-state index in [1.54, 1.807) is 6.92 Å². The molecular formula is C11H20N4O2. The first-order valence-corrected chi connectivity index (χ1v) is 5.72. The van der Waals surface area contributed by atoms with Crippen LogP contribution in [0.1, 0.15) is 37.7 Å². The molecule has 6 nitrogen and oxygen atoms in total. The molecule has 1 aromatic heterocycles. The molecule has 6 heteroatoms. The normalized spacial score (nSPS) is 14.4. The standard InChI is InChI=1S/C11H20N4O2/c1-4-11(3,7-16)14-10(17)9-8(12)6-13-15(9)5-2/h6,16H,4-5,7,12H2,1-3H3,(H,14,17). The van der Waals surface area contributed by atoms with E-state index in [1.165, 1.54) is 10.9 Å². The predicted molar refractivity (Wildman–Crippen MR) is 65.6 cm³/mol. The van der Waals surface area contributed by atoms with E-state index in [1.807, 2.05) is 13.8 Å². The lowest BCUT2D eigenvalue weighted by Gasteiger charge is -2.27. The highest BCUT2D eigenvalue weighted by Crippen LogP contribution is 2.14. The molecule has 17 heavy (non-hydrogen) atoms. The number of nitrogens with zero attached hydrogens (tertiary/aromatic N) is 2. The number of nitrogens with two attached hydrogens (primary N) is 1. The Morgan fingerprint density at radius 2 is 2.29 bits per heavy atom. The Morgan fingerprint density at radius 3 is 2.76 bits per heavy atom. The number of hydrogen-bond acceptors (Lipinski definition) is 4. The van der Waals surface area contributed by atoms with E-state index in [-0.39, 0.29) is 12.5 Å². The van der Waals surface area contributed by atoms with Crippen LogP contribution in [0.15, 0.2) is 6.20 Å². The van der Waals surface area contributed by atoms with Gasteiger partial charge in [0, 0.05) is 6.54 Å². The Morgan fingerprint density at radius 1 is 1.65 bits per heavy atom. The second-order valence-corrected chi connectivity index (χ2v) is 4.29. The number of carbonyl (C=O) groups is 1. The van der Waals surface area contributed by atoms with E-state index in [2.05, 4.69) is 10.4 Å². The van der Waals surface area contributed by atoms with Crippen LogP contribution in [0.3, 0.4) is 0 Å². The highest BCUT2D eigenvalue weighted by atomic mass is 16.3. The summed E-state index contributed by atoms with van der Waals surface area (Å²) in [6.45, 7) is 6.02. The van der Waals surface area contributed by atoms with Crippen LogP contribution in [0, 0.1) is 0 Å². The summed E-state index contributed by atoms with van der Waals surface area (Å²) in [5, 5.41) is 16.0. The fourth-order valence-corrected chi connectivity index (χ4v) is 1.46. The maximum Gasteiger partial charge on any atom is 0.272 e. The van der Waals surface area contributed by atoms with Crippen molar-refractivity contribution in [1.82, 2.24) is 15.1 Å². The van der Waals surface area contributed by atoms with Gasteiger partial charge in [-0.2, -0.15) is 5.10 Å². The summed E-state index contributed by atoms with van der Waals surface area (Å²) < 4.78 is 1.54. The molecule has 1 rings (SSSR count). The number of aliphatic hydroxyl groups is 1. The van der Waals surface area contributed by atoms with Gasteiger partial charge in [-0.05, 0) is 20.3 Å². The van der Waals surface area contributed by atoms with E-state index < -0.39 is 5.54 Å². The Bertz CT molecular complexity index is 396. The number of nitrogen functional groups attached to an aromatic ring is 1. The third-order valence-corrected chi connectivity index (χ3v) is 2.93. The molecule has 0 bridgehead atoms. The van der Waals surface area contributed by atoms with Crippen molar-refractivity contribution < 1.29 is 9.90 Å². The number of hydrogen-bond donors (Lipinski definition) is 3. The average molecular weight is 240 g/mol. The monoisotopic (exact) mass is 240 g/mol. The average Bonchev–Trinajstić information content (AvgIpc) is 2.70. The molecule has 0 aliphatic carbocycles. The van der Waals surface area contributed by atoms with Crippen LogP contribution in [0.5, 0.6) is 0 Å². The second kappa shape index (κ2) is 5.18. The van der Waals surface area contributed by atoms with Gasteiger partial charge in [0.05, 0.1) is 24.0 Å². The zero-order valence-electron chi connectivity index (χ0n) is 10.5. The van der Waals surface area contributed by atoms with Gasteiger partial charge in [-0.15, -0.1) is 0 Å². The number of aryl methyl sites for hydroxylation is 1. The largest absolute Gasteiger partial charge is 0.396 e. The molecule has 0 spiro atoms. The van der Waals surface area contributed by atoms with Crippen LogP contribution in [-0.4, -0.2) is 32.9 Å². The highest BCUT2D eigenvalue weighted by Gasteiger charge is 2.26. The zero-order valence-corrected chi connectivity index (χ0v) is 10.5. The molecule has 4 N–H and O–H groups in total. The van der Waals surface area contributed by atoms with Crippen molar-refractivity contribution in [3.63, 3.8) is 0 Å². The third-order valence-electron chi connectivity index (χ3n) is 2.93. The maximum absolute atomic E-state index is 12.1. The molecule has 1 amide bonds. The van der Waals surface area contributed by atoms with Gasteiger partial charge in [-0.3, -0.25) is 9.48 Å². The first-order chi connectivity index (χ1) is 7.97. The van der Waals surface area contributed by atoms with Crippen LogP contribution < -0.4 is 11.1 Å². The van der Waals surface area contributed by atoms with E-state index in [0.29, 0.717) is 24.3 Å². The molecule has 0 fully saturated rings. The number of aromatic nitrogens is 2. The minimum absolute atomic E-state index is 0.116. The van der Waals surface area contributed by atoms with E-state index in [9.17, 15) is 9.90 Å². The minimum atomic E-state index is -0.633. The lowest BCUT2D eigenvalue weighted by molar-refractivity contribution is 0.0837. The highest BCUT2D eigenvalue weighted by molar-refractivity contribution is 5.97. The first kappa shape index (κ1) is 13.5. The van der Waals surface area contributed by atoms with Crippen molar-refractivity contribution in [2.24, 2.45) is 0 Å². The summed E-state index contributed by atoms with van der Waals surface area (Å²) >= 11 is 0. The first-order valence-electron chi connectivity index (χ1n) is 5.72. The summed E-state index contributed by atoms with van der Waals surface area (Å²) in [5.74, 6) is -0.305.